The number of rotatable bonds is 4. The molecule has 4 heteroatoms. The molecule has 1 N–H and O–H groups in total. The van der Waals surface area contributed by atoms with Crippen molar-refractivity contribution in [3.8, 4) is 0 Å². The zero-order chi connectivity index (χ0) is 12.1. The highest BCUT2D eigenvalue weighted by Crippen LogP contribution is 2.13. The molecule has 88 valence electrons. The Labute approximate surface area is 101 Å². The van der Waals surface area contributed by atoms with Crippen molar-refractivity contribution in [2.45, 2.75) is 6.54 Å². The summed E-state index contributed by atoms with van der Waals surface area (Å²) in [4.78, 5) is 10.2. The molecule has 17 heavy (non-hydrogen) atoms. The van der Waals surface area contributed by atoms with Crippen LogP contribution in [0.15, 0.2) is 42.9 Å². The summed E-state index contributed by atoms with van der Waals surface area (Å²) in [6, 6.07) is 8.43. The topological polar surface area (TPSA) is 41.0 Å². The van der Waals surface area contributed by atoms with Gasteiger partial charge in [0.05, 0.1) is 6.20 Å². The van der Waals surface area contributed by atoms with Crippen molar-refractivity contribution in [1.82, 2.24) is 9.97 Å². The highest BCUT2D eigenvalue weighted by atomic mass is 15.1. The third-order valence-electron chi connectivity index (χ3n) is 2.49. The van der Waals surface area contributed by atoms with E-state index in [0.717, 1.165) is 12.4 Å². The fraction of sp³-hybridized carbons (Fsp3) is 0.231. The Kier molecular flexibility index (Phi) is 3.55. The van der Waals surface area contributed by atoms with Crippen LogP contribution in [0.3, 0.4) is 0 Å². The number of nitrogens with one attached hydrogen (secondary N) is 1. The molecule has 0 aliphatic carbocycles. The Morgan fingerprint density at radius 2 is 1.88 bits per heavy atom. The molecule has 0 saturated carbocycles. The molecule has 2 aromatic rings. The Balaban J connectivity index is 1.96. The van der Waals surface area contributed by atoms with Crippen LogP contribution in [0.2, 0.25) is 0 Å². The SMILES string of the molecule is CN(C)c1ccc(CNc2cnccn2)cc1. The smallest absolute Gasteiger partial charge is 0.144 e. The number of hydrogen-bond acceptors (Lipinski definition) is 4. The van der Waals surface area contributed by atoms with Crippen molar-refractivity contribution in [3.63, 3.8) is 0 Å². The largest absolute Gasteiger partial charge is 0.378 e. The average Bonchev–Trinajstić information content (AvgIpc) is 2.38. The third-order valence-corrected chi connectivity index (χ3v) is 2.49. The number of anilines is 2. The van der Waals surface area contributed by atoms with Gasteiger partial charge in [0.2, 0.25) is 0 Å². The van der Waals surface area contributed by atoms with Crippen LogP contribution in [0.4, 0.5) is 11.5 Å². The number of benzene rings is 1. The van der Waals surface area contributed by atoms with E-state index in [1.165, 1.54) is 11.3 Å². The molecule has 1 aromatic heterocycles. The van der Waals surface area contributed by atoms with Gasteiger partial charge in [-0.2, -0.15) is 0 Å². The first kappa shape index (κ1) is 11.4. The van der Waals surface area contributed by atoms with Crippen molar-refractivity contribution >= 4 is 11.5 Å². The zero-order valence-electron chi connectivity index (χ0n) is 10.1. The normalized spacial score (nSPS) is 10.0. The highest BCUT2D eigenvalue weighted by Gasteiger charge is 1.97. The van der Waals surface area contributed by atoms with Crippen LogP contribution >= 0.6 is 0 Å². The van der Waals surface area contributed by atoms with Crippen LogP contribution in [0.25, 0.3) is 0 Å². The second kappa shape index (κ2) is 5.30. The molecule has 0 bridgehead atoms. The molecular weight excluding hydrogens is 212 g/mol. The predicted molar refractivity (Wildman–Crippen MR) is 70.1 cm³/mol. The Morgan fingerprint density at radius 3 is 2.47 bits per heavy atom. The monoisotopic (exact) mass is 228 g/mol. The predicted octanol–water partition coefficient (Wildman–Crippen LogP) is 2.15. The number of hydrogen-bond donors (Lipinski definition) is 1. The molecule has 0 fully saturated rings. The van der Waals surface area contributed by atoms with Crippen molar-refractivity contribution < 1.29 is 0 Å². The summed E-state index contributed by atoms with van der Waals surface area (Å²) < 4.78 is 0. The molecule has 1 heterocycles. The number of nitrogens with zero attached hydrogens (tertiary/aromatic N) is 3. The van der Waals surface area contributed by atoms with Gasteiger partial charge in [-0.05, 0) is 17.7 Å². The van der Waals surface area contributed by atoms with E-state index in [0.29, 0.717) is 0 Å². The van der Waals surface area contributed by atoms with Crippen molar-refractivity contribution in [1.29, 1.82) is 0 Å². The number of aromatic nitrogens is 2. The third kappa shape index (κ3) is 3.17. The van der Waals surface area contributed by atoms with Gasteiger partial charge in [0, 0.05) is 38.7 Å². The lowest BCUT2D eigenvalue weighted by Crippen LogP contribution is -2.08. The first-order chi connectivity index (χ1) is 8.25. The van der Waals surface area contributed by atoms with E-state index in [1.807, 2.05) is 14.1 Å². The van der Waals surface area contributed by atoms with Crippen LogP contribution in [0, 0.1) is 0 Å². The molecule has 0 aliphatic rings. The summed E-state index contributed by atoms with van der Waals surface area (Å²) in [7, 11) is 4.07. The molecule has 2 rings (SSSR count). The lowest BCUT2D eigenvalue weighted by atomic mass is 10.2. The Hall–Kier alpha value is -2.10. The van der Waals surface area contributed by atoms with Gasteiger partial charge in [-0.3, -0.25) is 4.98 Å². The van der Waals surface area contributed by atoms with E-state index >= 15 is 0 Å². The van der Waals surface area contributed by atoms with E-state index in [2.05, 4.69) is 44.5 Å². The van der Waals surface area contributed by atoms with Crippen molar-refractivity contribution in [2.75, 3.05) is 24.3 Å². The minimum atomic E-state index is 0.756. The van der Waals surface area contributed by atoms with Crippen LogP contribution in [0.1, 0.15) is 5.56 Å². The molecule has 0 spiro atoms. The van der Waals surface area contributed by atoms with E-state index < -0.39 is 0 Å². The zero-order valence-corrected chi connectivity index (χ0v) is 10.1. The minimum absolute atomic E-state index is 0.756. The minimum Gasteiger partial charge on any atom is -0.378 e. The van der Waals surface area contributed by atoms with E-state index in [4.69, 9.17) is 0 Å². The summed E-state index contributed by atoms with van der Waals surface area (Å²) >= 11 is 0. The molecule has 0 amide bonds. The van der Waals surface area contributed by atoms with Crippen molar-refractivity contribution in [2.24, 2.45) is 0 Å². The molecular formula is C13H16N4. The lowest BCUT2D eigenvalue weighted by Gasteiger charge is -2.12. The standard InChI is InChI=1S/C13H16N4/c1-17(2)12-5-3-11(4-6-12)9-16-13-10-14-7-8-15-13/h3-8,10H,9H2,1-2H3,(H,15,16). The second-order valence-corrected chi connectivity index (χ2v) is 4.01. The first-order valence-electron chi connectivity index (χ1n) is 5.52. The van der Waals surface area contributed by atoms with Gasteiger partial charge < -0.3 is 10.2 Å². The van der Waals surface area contributed by atoms with Crippen LogP contribution in [0.5, 0.6) is 0 Å². The van der Waals surface area contributed by atoms with Gasteiger partial charge in [0.25, 0.3) is 0 Å². The molecule has 0 saturated heterocycles. The molecule has 0 radical (unpaired) electrons. The van der Waals surface area contributed by atoms with Crippen molar-refractivity contribution in [3.05, 3.63) is 48.4 Å². The van der Waals surface area contributed by atoms with Crippen LogP contribution in [-0.4, -0.2) is 24.1 Å². The Morgan fingerprint density at radius 1 is 1.12 bits per heavy atom. The summed E-state index contributed by atoms with van der Waals surface area (Å²) in [6.45, 7) is 0.756. The summed E-state index contributed by atoms with van der Waals surface area (Å²) in [5.74, 6) is 0.796. The second-order valence-electron chi connectivity index (χ2n) is 4.01. The molecule has 1 aromatic carbocycles. The maximum absolute atomic E-state index is 4.16. The van der Waals surface area contributed by atoms with Gasteiger partial charge in [-0.1, -0.05) is 12.1 Å². The molecule has 0 aliphatic heterocycles. The van der Waals surface area contributed by atoms with Gasteiger partial charge in [0.15, 0.2) is 0 Å². The average molecular weight is 228 g/mol. The highest BCUT2D eigenvalue weighted by molar-refractivity contribution is 5.46. The Bertz CT molecular complexity index is 451. The lowest BCUT2D eigenvalue weighted by molar-refractivity contribution is 1.08. The van der Waals surface area contributed by atoms with E-state index in [9.17, 15) is 0 Å². The first-order valence-corrected chi connectivity index (χ1v) is 5.52. The maximum Gasteiger partial charge on any atom is 0.144 e. The fourth-order valence-corrected chi connectivity index (χ4v) is 1.49. The summed E-state index contributed by atoms with van der Waals surface area (Å²) in [5, 5.41) is 3.22. The quantitative estimate of drug-likeness (QED) is 0.870. The van der Waals surface area contributed by atoms with Gasteiger partial charge in [-0.25, -0.2) is 4.98 Å². The van der Waals surface area contributed by atoms with Gasteiger partial charge >= 0.3 is 0 Å². The van der Waals surface area contributed by atoms with E-state index in [1.54, 1.807) is 18.6 Å². The van der Waals surface area contributed by atoms with Crippen LogP contribution < -0.4 is 10.2 Å². The van der Waals surface area contributed by atoms with Gasteiger partial charge in [-0.15, -0.1) is 0 Å². The summed E-state index contributed by atoms with van der Waals surface area (Å²) in [5.41, 5.74) is 2.43. The molecule has 4 nitrogen and oxygen atoms in total. The molecule has 0 atom stereocenters. The summed E-state index contributed by atoms with van der Waals surface area (Å²) in [6.07, 6.45) is 5.06. The molecule has 0 unspecified atom stereocenters. The van der Waals surface area contributed by atoms with Crippen LogP contribution in [-0.2, 0) is 6.54 Å². The van der Waals surface area contributed by atoms with E-state index in [-0.39, 0.29) is 0 Å². The van der Waals surface area contributed by atoms with Gasteiger partial charge in [0.1, 0.15) is 5.82 Å². The maximum atomic E-state index is 4.16. The fourth-order valence-electron chi connectivity index (χ4n) is 1.49.